The zero-order chi connectivity index (χ0) is 44.4. The first kappa shape index (κ1) is 49.0. The number of nitrogens with zero attached hydrogens (tertiary/aromatic N) is 2. The minimum absolute atomic E-state index is 0.0418. The van der Waals surface area contributed by atoms with Crippen molar-refractivity contribution < 1.29 is 53.8 Å². The number of carbonyl (C=O) groups excluding carboxylic acids is 5. The van der Waals surface area contributed by atoms with E-state index in [9.17, 15) is 59.0 Å². The molecule has 0 aliphatic carbocycles. The smallest absolute Gasteiger partial charge is 0.326 e. The summed E-state index contributed by atoms with van der Waals surface area (Å²) in [5, 5.41) is 51.2. The number of carboxylic acid groups (broad SMARTS) is 2. The number of nitrogens with two attached hydrogens (primary N) is 2. The topological polar surface area (TPSA) is 327 Å². The summed E-state index contributed by atoms with van der Waals surface area (Å²) in [6, 6.07) is 3.93. The van der Waals surface area contributed by atoms with Crippen molar-refractivity contribution >= 4 is 47.2 Å². The predicted molar refractivity (Wildman–Crippen MR) is 213 cm³/mol. The molecule has 0 aliphatic rings. The maximum atomic E-state index is 14.3. The first-order valence-corrected chi connectivity index (χ1v) is 19.2. The van der Waals surface area contributed by atoms with Gasteiger partial charge in [-0.05, 0) is 55.3 Å². The van der Waals surface area contributed by atoms with Crippen LogP contribution in [0, 0.1) is 22.0 Å². The van der Waals surface area contributed by atoms with Crippen molar-refractivity contribution in [2.24, 2.45) is 23.3 Å². The molecule has 20 heteroatoms. The van der Waals surface area contributed by atoms with Gasteiger partial charge in [0.2, 0.25) is 29.5 Å². The molecule has 6 atom stereocenters. The molecule has 2 rings (SSSR count). The normalized spacial score (nSPS) is 14.1. The van der Waals surface area contributed by atoms with Crippen LogP contribution in [0.5, 0.6) is 5.75 Å². The van der Waals surface area contributed by atoms with E-state index < -0.39 is 108 Å². The number of unbranched alkanes of at least 4 members (excludes halogenated alkanes) is 1. The van der Waals surface area contributed by atoms with Crippen molar-refractivity contribution in [2.45, 2.75) is 103 Å². The van der Waals surface area contributed by atoms with Crippen molar-refractivity contribution in [3.8, 4) is 5.75 Å². The summed E-state index contributed by atoms with van der Waals surface area (Å²) in [7, 11) is 0. The van der Waals surface area contributed by atoms with Crippen LogP contribution >= 0.6 is 0 Å². The molecule has 0 heterocycles. The van der Waals surface area contributed by atoms with Gasteiger partial charge < -0.3 is 53.0 Å². The molecule has 2 aromatic rings. The molecule has 0 fully saturated rings. The number of carbonyl (C=O) groups is 7. The Labute approximate surface area is 341 Å². The number of hydrogen-bond acceptors (Lipinski definition) is 12. The predicted octanol–water partition coefficient (Wildman–Crippen LogP) is 0.529. The lowest BCUT2D eigenvalue weighted by molar-refractivity contribution is -0.385. The number of amides is 5. The number of nitro benzene ring substituents is 1. The van der Waals surface area contributed by atoms with E-state index in [1.807, 2.05) is 0 Å². The van der Waals surface area contributed by atoms with Crippen molar-refractivity contribution in [1.29, 1.82) is 0 Å². The first-order valence-electron chi connectivity index (χ1n) is 19.2. The molecule has 324 valence electrons. The number of nitrogens with one attached hydrogen (secondary N) is 4. The van der Waals surface area contributed by atoms with Gasteiger partial charge in [0.05, 0.1) is 30.5 Å². The van der Waals surface area contributed by atoms with Gasteiger partial charge in [-0.25, -0.2) is 4.79 Å². The summed E-state index contributed by atoms with van der Waals surface area (Å²) in [5.41, 5.74) is 11.5. The molecule has 5 amide bonds. The second-order valence-corrected chi connectivity index (χ2v) is 14.6. The van der Waals surface area contributed by atoms with Crippen molar-refractivity contribution in [1.82, 2.24) is 26.2 Å². The highest BCUT2D eigenvalue weighted by molar-refractivity contribution is 5.96. The number of aromatic hydroxyl groups is 1. The molecule has 0 unspecified atom stereocenters. The standard InChI is InChI=1S/C39H56N8O12/c1-5-23(4)34(39(56)57)45-36(53)28(18-24-13-15-26(48)16-14-24)42-31(49)21-46(20-25-10-6-7-12-30(25)47(58)59)38(55)29(19-32(50)51)44-35(52)27(11-8-9-17-40)43-37(54)33(41)22(2)3/h6-7,10,12-16,22-23,27-29,33-34,48H,5,8-9,11,17-21,40-41H2,1-4H3,(H,42,49)(H,43,54)(H,44,52)(H,45,53)(H,50,51)(H,56,57)/t23-,27-,28-,29-,33-,34-/m0/s1. The number of hydrogen-bond donors (Lipinski definition) is 9. The molecule has 59 heavy (non-hydrogen) atoms. The molecule has 0 bridgehead atoms. The number of nitro groups is 1. The Morgan fingerprint density at radius 2 is 1.44 bits per heavy atom. The van der Waals surface area contributed by atoms with E-state index in [1.165, 1.54) is 42.5 Å². The van der Waals surface area contributed by atoms with Crippen LogP contribution in [0.4, 0.5) is 5.69 Å². The summed E-state index contributed by atoms with van der Waals surface area (Å²) in [6.45, 7) is 5.43. The van der Waals surface area contributed by atoms with E-state index in [1.54, 1.807) is 27.7 Å². The van der Waals surface area contributed by atoms with Crippen LogP contribution in [0.15, 0.2) is 48.5 Å². The van der Waals surface area contributed by atoms with E-state index in [-0.39, 0.29) is 36.6 Å². The van der Waals surface area contributed by atoms with Gasteiger partial charge >= 0.3 is 11.9 Å². The van der Waals surface area contributed by atoms with Crippen LogP contribution in [0.2, 0.25) is 0 Å². The fraction of sp³-hybridized carbons (Fsp3) is 0.513. The number of phenols is 1. The van der Waals surface area contributed by atoms with Gasteiger partial charge in [-0.2, -0.15) is 0 Å². The molecule has 0 saturated carbocycles. The minimum atomic E-state index is -1.87. The third-order valence-electron chi connectivity index (χ3n) is 9.59. The summed E-state index contributed by atoms with van der Waals surface area (Å²) < 4.78 is 0. The van der Waals surface area contributed by atoms with E-state index in [0.29, 0.717) is 24.8 Å². The van der Waals surface area contributed by atoms with Crippen molar-refractivity contribution in [3.63, 3.8) is 0 Å². The summed E-state index contributed by atoms with van der Waals surface area (Å²) in [6.07, 6.45) is 0.0313. The highest BCUT2D eigenvalue weighted by atomic mass is 16.6. The molecule has 0 spiro atoms. The fourth-order valence-corrected chi connectivity index (χ4v) is 5.87. The van der Waals surface area contributed by atoms with Crippen LogP contribution in [-0.2, 0) is 46.5 Å². The molecule has 0 aromatic heterocycles. The maximum absolute atomic E-state index is 14.3. The number of benzene rings is 2. The minimum Gasteiger partial charge on any atom is -0.508 e. The van der Waals surface area contributed by atoms with Gasteiger partial charge in [-0.1, -0.05) is 64.4 Å². The Morgan fingerprint density at radius 3 is 2.00 bits per heavy atom. The van der Waals surface area contributed by atoms with Gasteiger partial charge in [0.1, 0.15) is 29.9 Å². The Kier molecular flexibility index (Phi) is 19.9. The number of phenolic OH excluding ortho intramolecular Hbond substituents is 1. The van der Waals surface area contributed by atoms with E-state index in [4.69, 9.17) is 11.5 Å². The Balaban J connectivity index is 2.57. The zero-order valence-corrected chi connectivity index (χ0v) is 33.6. The molecule has 2 aromatic carbocycles. The Bertz CT molecular complexity index is 1790. The maximum Gasteiger partial charge on any atom is 0.326 e. The van der Waals surface area contributed by atoms with E-state index in [2.05, 4.69) is 21.3 Å². The lowest BCUT2D eigenvalue weighted by Gasteiger charge is -2.29. The SMILES string of the molecule is CC[C@H](C)[C@H](NC(=O)[C@H](Cc1ccc(O)cc1)NC(=O)CN(Cc1ccccc1[N+](=O)[O-])C(=O)[C@H](CC(=O)O)NC(=O)[C@H](CCCCN)NC(=O)[C@@H](N)C(C)C)C(=O)O. The van der Waals surface area contributed by atoms with Crippen LogP contribution in [0.1, 0.15) is 70.9 Å². The third-order valence-corrected chi connectivity index (χ3v) is 9.59. The number of aliphatic carboxylic acids is 2. The Hall–Kier alpha value is -6.15. The third kappa shape index (κ3) is 16.0. The van der Waals surface area contributed by atoms with E-state index >= 15 is 0 Å². The molecular formula is C39H56N8O12. The van der Waals surface area contributed by atoms with Crippen LogP contribution in [0.3, 0.4) is 0 Å². The summed E-state index contributed by atoms with van der Waals surface area (Å²) in [4.78, 5) is 105. The number of rotatable bonds is 25. The van der Waals surface area contributed by atoms with Crippen LogP contribution < -0.4 is 32.7 Å². The lowest BCUT2D eigenvalue weighted by atomic mass is 9.98. The molecule has 0 radical (unpaired) electrons. The monoisotopic (exact) mass is 828 g/mol. The highest BCUT2D eigenvalue weighted by Crippen LogP contribution is 2.21. The largest absolute Gasteiger partial charge is 0.508 e. The van der Waals surface area contributed by atoms with E-state index in [0.717, 1.165) is 11.0 Å². The van der Waals surface area contributed by atoms with Gasteiger partial charge in [0.15, 0.2) is 0 Å². The second-order valence-electron chi connectivity index (χ2n) is 14.6. The van der Waals surface area contributed by atoms with Crippen molar-refractivity contribution in [2.75, 3.05) is 13.1 Å². The lowest BCUT2D eigenvalue weighted by Crippen LogP contribution is -2.58. The zero-order valence-electron chi connectivity index (χ0n) is 33.6. The molecule has 0 aliphatic heterocycles. The number of carboxylic acids is 2. The second kappa shape index (κ2) is 23.9. The average molecular weight is 829 g/mol. The highest BCUT2D eigenvalue weighted by Gasteiger charge is 2.35. The molecule has 0 saturated heterocycles. The Morgan fingerprint density at radius 1 is 0.831 bits per heavy atom. The average Bonchev–Trinajstić information content (AvgIpc) is 3.18. The van der Waals surface area contributed by atoms with Gasteiger partial charge in [-0.3, -0.25) is 38.9 Å². The summed E-state index contributed by atoms with van der Waals surface area (Å²) >= 11 is 0. The number of para-hydroxylation sites is 1. The van der Waals surface area contributed by atoms with Crippen LogP contribution in [0.25, 0.3) is 0 Å². The van der Waals surface area contributed by atoms with Gasteiger partial charge in [0.25, 0.3) is 5.69 Å². The molecule has 20 nitrogen and oxygen atoms in total. The van der Waals surface area contributed by atoms with Gasteiger partial charge in [-0.15, -0.1) is 0 Å². The first-order chi connectivity index (χ1) is 27.8. The molecular weight excluding hydrogens is 772 g/mol. The summed E-state index contributed by atoms with van der Waals surface area (Å²) in [5.74, 6) is -8.45. The van der Waals surface area contributed by atoms with Crippen LogP contribution in [-0.4, -0.2) is 110 Å². The quantitative estimate of drug-likeness (QED) is 0.0375. The molecule has 11 N–H and O–H groups in total. The fourth-order valence-electron chi connectivity index (χ4n) is 5.87. The van der Waals surface area contributed by atoms with Gasteiger partial charge in [0, 0.05) is 18.1 Å². The van der Waals surface area contributed by atoms with Crippen molar-refractivity contribution in [3.05, 3.63) is 69.8 Å².